The van der Waals surface area contributed by atoms with E-state index in [0.29, 0.717) is 11.8 Å². The van der Waals surface area contributed by atoms with Gasteiger partial charge in [0.1, 0.15) is 0 Å². The molecular formula is C12H16N2O2. The van der Waals surface area contributed by atoms with Crippen LogP contribution in [0.1, 0.15) is 47.9 Å². The summed E-state index contributed by atoms with van der Waals surface area (Å²) in [5.41, 5.74) is 2.31. The molecule has 2 N–H and O–H groups in total. The Morgan fingerprint density at radius 2 is 2.38 bits per heavy atom. The molecule has 4 heteroatoms. The van der Waals surface area contributed by atoms with Gasteiger partial charge >= 0.3 is 5.97 Å². The molecule has 2 aliphatic rings. The van der Waals surface area contributed by atoms with Crippen LogP contribution in [-0.4, -0.2) is 21.3 Å². The van der Waals surface area contributed by atoms with Crippen LogP contribution in [0.25, 0.3) is 0 Å². The monoisotopic (exact) mass is 220 g/mol. The van der Waals surface area contributed by atoms with E-state index in [-0.39, 0.29) is 5.69 Å². The number of hydrogen-bond donors (Lipinski definition) is 2. The van der Waals surface area contributed by atoms with Crippen LogP contribution < -0.4 is 0 Å². The van der Waals surface area contributed by atoms with Gasteiger partial charge in [0, 0.05) is 17.2 Å². The van der Waals surface area contributed by atoms with Gasteiger partial charge in [-0.2, -0.15) is 5.10 Å². The first-order valence-corrected chi connectivity index (χ1v) is 5.90. The number of rotatable bonds is 3. The molecule has 1 heterocycles. The summed E-state index contributed by atoms with van der Waals surface area (Å²) in [4.78, 5) is 10.9. The van der Waals surface area contributed by atoms with E-state index in [1.54, 1.807) is 0 Å². The van der Waals surface area contributed by atoms with Gasteiger partial charge in [-0.15, -0.1) is 0 Å². The number of aromatic carboxylic acids is 1. The number of carbonyl (C=O) groups is 1. The molecule has 0 unspecified atom stereocenters. The van der Waals surface area contributed by atoms with Crippen LogP contribution in [0.15, 0.2) is 0 Å². The maximum atomic E-state index is 10.9. The van der Waals surface area contributed by atoms with Crippen molar-refractivity contribution in [2.75, 3.05) is 0 Å². The van der Waals surface area contributed by atoms with Gasteiger partial charge in [-0.05, 0) is 30.6 Å². The number of fused-ring (bicyclic) bond motifs is 3. The van der Waals surface area contributed by atoms with Gasteiger partial charge in [-0.3, -0.25) is 5.10 Å². The topological polar surface area (TPSA) is 66.0 Å². The van der Waals surface area contributed by atoms with E-state index in [2.05, 4.69) is 24.0 Å². The first kappa shape index (κ1) is 9.87. The van der Waals surface area contributed by atoms with Crippen molar-refractivity contribution < 1.29 is 9.90 Å². The summed E-state index contributed by atoms with van der Waals surface area (Å²) in [7, 11) is 0. The Bertz CT molecular complexity index is 450. The molecule has 0 bridgehead atoms. The third-order valence-corrected chi connectivity index (χ3v) is 3.95. The molecule has 0 aromatic carbocycles. The number of carboxylic acids is 1. The smallest absolute Gasteiger partial charge is 0.356 e. The molecule has 1 aromatic rings. The molecule has 0 radical (unpaired) electrons. The van der Waals surface area contributed by atoms with Crippen molar-refractivity contribution >= 4 is 5.97 Å². The van der Waals surface area contributed by atoms with E-state index in [0.717, 1.165) is 29.5 Å². The fourth-order valence-electron chi connectivity index (χ4n) is 3.29. The first-order valence-electron chi connectivity index (χ1n) is 5.90. The fourth-order valence-corrected chi connectivity index (χ4v) is 3.29. The average molecular weight is 220 g/mol. The van der Waals surface area contributed by atoms with Crippen molar-refractivity contribution in [3.63, 3.8) is 0 Å². The summed E-state index contributed by atoms with van der Waals surface area (Å²) >= 11 is 0. The third kappa shape index (κ3) is 1.22. The Kier molecular flexibility index (Phi) is 1.91. The first-order chi connectivity index (χ1) is 7.59. The second-order valence-corrected chi connectivity index (χ2v) is 5.46. The van der Waals surface area contributed by atoms with Gasteiger partial charge in [0.15, 0.2) is 5.69 Å². The number of aromatic amines is 1. The van der Waals surface area contributed by atoms with Crippen molar-refractivity contribution in [2.45, 2.75) is 32.6 Å². The molecule has 1 saturated carbocycles. The fraction of sp³-hybridized carbons (Fsp3) is 0.667. The van der Waals surface area contributed by atoms with Gasteiger partial charge in [-0.1, -0.05) is 13.8 Å². The summed E-state index contributed by atoms with van der Waals surface area (Å²) in [5, 5.41) is 15.8. The SMILES string of the molecule is CC(C)C[C@@H]1[C@@H]2Cc3c(C(=O)O)n[nH]c3[C@H]12. The Labute approximate surface area is 94.1 Å². The van der Waals surface area contributed by atoms with Crippen LogP contribution >= 0.6 is 0 Å². The molecule has 86 valence electrons. The van der Waals surface area contributed by atoms with Gasteiger partial charge < -0.3 is 5.11 Å². The van der Waals surface area contributed by atoms with Crippen molar-refractivity contribution in [2.24, 2.45) is 17.8 Å². The summed E-state index contributed by atoms with van der Waals surface area (Å²) in [6, 6.07) is 0. The van der Waals surface area contributed by atoms with E-state index in [9.17, 15) is 4.79 Å². The van der Waals surface area contributed by atoms with Crippen LogP contribution in [-0.2, 0) is 6.42 Å². The van der Waals surface area contributed by atoms with Gasteiger partial charge in [-0.25, -0.2) is 4.79 Å². The molecule has 0 aliphatic heterocycles. The van der Waals surface area contributed by atoms with Crippen LogP contribution in [0.2, 0.25) is 0 Å². The molecule has 3 rings (SSSR count). The van der Waals surface area contributed by atoms with Crippen LogP contribution in [0, 0.1) is 17.8 Å². The lowest BCUT2D eigenvalue weighted by Crippen LogP contribution is -2.03. The van der Waals surface area contributed by atoms with E-state index >= 15 is 0 Å². The second-order valence-electron chi connectivity index (χ2n) is 5.46. The lowest BCUT2D eigenvalue weighted by atomic mass is 9.99. The van der Waals surface area contributed by atoms with Crippen molar-refractivity contribution in [3.8, 4) is 0 Å². The zero-order valence-electron chi connectivity index (χ0n) is 9.53. The summed E-state index contributed by atoms with van der Waals surface area (Å²) < 4.78 is 0. The van der Waals surface area contributed by atoms with E-state index < -0.39 is 5.97 Å². The summed E-state index contributed by atoms with van der Waals surface area (Å²) in [6.07, 6.45) is 2.16. The third-order valence-electron chi connectivity index (χ3n) is 3.95. The highest BCUT2D eigenvalue weighted by Crippen LogP contribution is 2.63. The largest absolute Gasteiger partial charge is 0.476 e. The Balaban J connectivity index is 1.83. The van der Waals surface area contributed by atoms with Crippen molar-refractivity contribution in [1.29, 1.82) is 0 Å². The number of H-pyrrole nitrogens is 1. The zero-order valence-corrected chi connectivity index (χ0v) is 9.53. The highest BCUT2D eigenvalue weighted by Gasteiger charge is 2.57. The Morgan fingerprint density at radius 1 is 1.62 bits per heavy atom. The molecule has 0 spiro atoms. The zero-order chi connectivity index (χ0) is 11.4. The molecule has 1 fully saturated rings. The van der Waals surface area contributed by atoms with Crippen molar-refractivity contribution in [3.05, 3.63) is 17.0 Å². The molecule has 2 aliphatic carbocycles. The standard InChI is InChI=1S/C12H16N2O2/c1-5(2)3-6-7-4-8-10(9(6)7)13-14-11(8)12(15)16/h5-7,9H,3-4H2,1-2H3,(H,13,14)(H,15,16)/t6-,7+,9-/m1/s1. The molecular weight excluding hydrogens is 204 g/mol. The number of nitrogens with one attached hydrogen (secondary N) is 1. The van der Waals surface area contributed by atoms with E-state index in [4.69, 9.17) is 5.11 Å². The minimum absolute atomic E-state index is 0.241. The van der Waals surface area contributed by atoms with Gasteiger partial charge in [0.05, 0.1) is 0 Å². The predicted octanol–water partition coefficient (Wildman–Crippen LogP) is 2.04. The molecule has 4 nitrogen and oxygen atoms in total. The van der Waals surface area contributed by atoms with Gasteiger partial charge in [0.25, 0.3) is 0 Å². The summed E-state index contributed by atoms with van der Waals surface area (Å²) in [6.45, 7) is 4.48. The number of nitrogens with zero attached hydrogens (tertiary/aromatic N) is 1. The van der Waals surface area contributed by atoms with Crippen LogP contribution in [0.5, 0.6) is 0 Å². The molecule has 3 atom stereocenters. The maximum Gasteiger partial charge on any atom is 0.356 e. The van der Waals surface area contributed by atoms with Crippen molar-refractivity contribution in [1.82, 2.24) is 10.2 Å². The Hall–Kier alpha value is -1.32. The Morgan fingerprint density at radius 3 is 3.00 bits per heavy atom. The number of aromatic nitrogens is 2. The average Bonchev–Trinajstić information content (AvgIpc) is 2.60. The highest BCUT2D eigenvalue weighted by atomic mass is 16.4. The van der Waals surface area contributed by atoms with Crippen LogP contribution in [0.4, 0.5) is 0 Å². The lowest BCUT2D eigenvalue weighted by molar-refractivity contribution is 0.0689. The number of carboxylic acid groups (broad SMARTS) is 1. The summed E-state index contributed by atoms with van der Waals surface area (Å²) in [5.74, 6) is 1.83. The molecule has 1 aromatic heterocycles. The normalized spacial score (nSPS) is 30.3. The maximum absolute atomic E-state index is 10.9. The number of hydrogen-bond acceptors (Lipinski definition) is 2. The minimum Gasteiger partial charge on any atom is -0.476 e. The predicted molar refractivity (Wildman–Crippen MR) is 58.4 cm³/mol. The second kappa shape index (κ2) is 3.09. The van der Waals surface area contributed by atoms with E-state index in [1.165, 1.54) is 6.42 Å². The van der Waals surface area contributed by atoms with Crippen LogP contribution in [0.3, 0.4) is 0 Å². The lowest BCUT2D eigenvalue weighted by Gasteiger charge is -2.06. The molecule has 0 saturated heterocycles. The van der Waals surface area contributed by atoms with E-state index in [1.807, 2.05) is 0 Å². The highest BCUT2D eigenvalue weighted by molar-refractivity contribution is 5.87. The van der Waals surface area contributed by atoms with Gasteiger partial charge in [0.2, 0.25) is 0 Å². The molecule has 0 amide bonds. The minimum atomic E-state index is -0.904. The molecule has 16 heavy (non-hydrogen) atoms. The quantitative estimate of drug-likeness (QED) is 0.819.